The molecule has 1 saturated carbocycles. The van der Waals surface area contributed by atoms with Gasteiger partial charge in [-0.15, -0.1) is 0 Å². The zero-order valence-electron chi connectivity index (χ0n) is 10.8. The highest BCUT2D eigenvalue weighted by Gasteiger charge is 2.29. The predicted octanol–water partition coefficient (Wildman–Crippen LogP) is 2.57. The average Bonchev–Trinajstić information content (AvgIpc) is 2.37. The molecule has 1 aliphatic rings. The van der Waals surface area contributed by atoms with Gasteiger partial charge in [-0.1, -0.05) is 19.3 Å². The highest BCUT2D eigenvalue weighted by molar-refractivity contribution is 5.14. The van der Waals surface area contributed by atoms with E-state index in [2.05, 4.69) is 10.3 Å². The van der Waals surface area contributed by atoms with Crippen LogP contribution in [0.2, 0.25) is 0 Å². The molecule has 0 saturated heterocycles. The lowest BCUT2D eigenvalue weighted by Gasteiger charge is -2.33. The highest BCUT2D eigenvalue weighted by atomic mass is 19.1. The first kappa shape index (κ1) is 13.4. The maximum atomic E-state index is 13.1. The fraction of sp³-hybridized carbons (Fsp3) is 0.643. The first-order valence-corrected chi connectivity index (χ1v) is 6.65. The predicted molar refractivity (Wildman–Crippen MR) is 68.6 cm³/mol. The molecular formula is C14H21FN2O. The van der Waals surface area contributed by atoms with E-state index in [1.807, 2.05) is 6.92 Å². The fourth-order valence-corrected chi connectivity index (χ4v) is 2.51. The molecule has 2 rings (SSSR count). The van der Waals surface area contributed by atoms with Crippen molar-refractivity contribution in [3.8, 4) is 0 Å². The van der Waals surface area contributed by atoms with Gasteiger partial charge in [0.05, 0.1) is 11.8 Å². The Morgan fingerprint density at radius 1 is 1.39 bits per heavy atom. The molecule has 0 aromatic carbocycles. The van der Waals surface area contributed by atoms with Crippen LogP contribution in [0.15, 0.2) is 18.5 Å². The molecule has 1 unspecified atom stereocenters. The van der Waals surface area contributed by atoms with Crippen molar-refractivity contribution in [2.75, 3.05) is 6.54 Å². The molecule has 0 radical (unpaired) electrons. The molecule has 1 heterocycles. The van der Waals surface area contributed by atoms with Crippen LogP contribution in [0.3, 0.4) is 0 Å². The number of nitrogens with zero attached hydrogens (tertiary/aromatic N) is 1. The van der Waals surface area contributed by atoms with Gasteiger partial charge in [0.15, 0.2) is 0 Å². The summed E-state index contributed by atoms with van der Waals surface area (Å²) in [5.41, 5.74) is 0.224. The van der Waals surface area contributed by atoms with Crippen molar-refractivity contribution in [1.29, 1.82) is 0 Å². The smallest absolute Gasteiger partial charge is 0.141 e. The van der Waals surface area contributed by atoms with Gasteiger partial charge in [0.25, 0.3) is 0 Å². The molecule has 4 heteroatoms. The number of rotatable bonds is 4. The van der Waals surface area contributed by atoms with Gasteiger partial charge >= 0.3 is 0 Å². The van der Waals surface area contributed by atoms with Gasteiger partial charge in [-0.25, -0.2) is 4.39 Å². The molecule has 1 aliphatic carbocycles. The van der Waals surface area contributed by atoms with Crippen molar-refractivity contribution in [2.24, 2.45) is 0 Å². The quantitative estimate of drug-likeness (QED) is 0.865. The van der Waals surface area contributed by atoms with Crippen molar-refractivity contribution >= 4 is 0 Å². The Hall–Kier alpha value is -1.00. The van der Waals surface area contributed by atoms with E-state index in [4.69, 9.17) is 0 Å². The lowest BCUT2D eigenvalue weighted by molar-refractivity contribution is 0.00299. The maximum Gasteiger partial charge on any atom is 0.141 e. The zero-order valence-corrected chi connectivity index (χ0v) is 10.8. The van der Waals surface area contributed by atoms with Gasteiger partial charge in [-0.05, 0) is 31.4 Å². The van der Waals surface area contributed by atoms with E-state index >= 15 is 0 Å². The molecule has 1 fully saturated rings. The van der Waals surface area contributed by atoms with Gasteiger partial charge in [0.1, 0.15) is 5.82 Å². The van der Waals surface area contributed by atoms with Crippen LogP contribution in [0.5, 0.6) is 0 Å². The molecule has 1 aromatic heterocycles. The van der Waals surface area contributed by atoms with Gasteiger partial charge in [0.2, 0.25) is 0 Å². The number of nitrogens with one attached hydrogen (secondary N) is 1. The Labute approximate surface area is 107 Å². The third-order valence-corrected chi connectivity index (χ3v) is 3.75. The molecular weight excluding hydrogens is 231 g/mol. The largest absolute Gasteiger partial charge is 0.389 e. The molecule has 0 bridgehead atoms. The second-order valence-electron chi connectivity index (χ2n) is 5.32. The van der Waals surface area contributed by atoms with Crippen molar-refractivity contribution in [3.63, 3.8) is 0 Å². The van der Waals surface area contributed by atoms with Crippen LogP contribution in [0.1, 0.15) is 50.6 Å². The molecule has 100 valence electrons. The summed E-state index contributed by atoms with van der Waals surface area (Å²) < 4.78 is 13.1. The SMILES string of the molecule is CC(NCC1(O)CCCCC1)c1cncc(F)c1. The monoisotopic (exact) mass is 252 g/mol. The van der Waals surface area contributed by atoms with Crippen LogP contribution < -0.4 is 5.32 Å². The molecule has 0 aliphatic heterocycles. The Morgan fingerprint density at radius 3 is 2.78 bits per heavy atom. The van der Waals surface area contributed by atoms with Gasteiger partial charge < -0.3 is 10.4 Å². The summed E-state index contributed by atoms with van der Waals surface area (Å²) in [5, 5.41) is 13.6. The van der Waals surface area contributed by atoms with E-state index < -0.39 is 5.60 Å². The number of pyridine rings is 1. The summed E-state index contributed by atoms with van der Waals surface area (Å²) in [6, 6.07) is 1.48. The third-order valence-electron chi connectivity index (χ3n) is 3.75. The number of aromatic nitrogens is 1. The molecule has 0 spiro atoms. The van der Waals surface area contributed by atoms with Crippen LogP contribution >= 0.6 is 0 Å². The molecule has 1 aromatic rings. The average molecular weight is 252 g/mol. The fourth-order valence-electron chi connectivity index (χ4n) is 2.51. The molecule has 18 heavy (non-hydrogen) atoms. The lowest BCUT2D eigenvalue weighted by Crippen LogP contribution is -2.42. The summed E-state index contributed by atoms with van der Waals surface area (Å²) >= 11 is 0. The van der Waals surface area contributed by atoms with Crippen LogP contribution in [0, 0.1) is 5.82 Å². The number of hydrogen-bond donors (Lipinski definition) is 2. The van der Waals surface area contributed by atoms with E-state index in [1.54, 1.807) is 6.20 Å². The zero-order chi connectivity index (χ0) is 13.0. The lowest BCUT2D eigenvalue weighted by atomic mass is 9.84. The highest BCUT2D eigenvalue weighted by Crippen LogP contribution is 2.28. The van der Waals surface area contributed by atoms with Crippen LogP contribution in [0.25, 0.3) is 0 Å². The van der Waals surface area contributed by atoms with Crippen LogP contribution in [-0.4, -0.2) is 22.2 Å². The van der Waals surface area contributed by atoms with Crippen LogP contribution in [0.4, 0.5) is 4.39 Å². The molecule has 3 nitrogen and oxygen atoms in total. The van der Waals surface area contributed by atoms with Gasteiger partial charge in [-0.2, -0.15) is 0 Å². The third kappa shape index (κ3) is 3.50. The Morgan fingerprint density at radius 2 is 2.11 bits per heavy atom. The second-order valence-corrected chi connectivity index (χ2v) is 5.32. The summed E-state index contributed by atoms with van der Waals surface area (Å²) in [4.78, 5) is 3.84. The maximum absolute atomic E-state index is 13.1. The van der Waals surface area contributed by atoms with E-state index in [-0.39, 0.29) is 11.9 Å². The minimum atomic E-state index is -0.590. The number of aliphatic hydroxyl groups is 1. The molecule has 1 atom stereocenters. The first-order chi connectivity index (χ1) is 8.59. The van der Waals surface area contributed by atoms with E-state index in [0.717, 1.165) is 31.2 Å². The number of halogens is 1. The van der Waals surface area contributed by atoms with Crippen LogP contribution in [-0.2, 0) is 0 Å². The van der Waals surface area contributed by atoms with Gasteiger partial charge in [0, 0.05) is 18.8 Å². The summed E-state index contributed by atoms with van der Waals surface area (Å²) in [5.74, 6) is -0.322. The normalized spacial score (nSPS) is 20.6. The van der Waals surface area contributed by atoms with E-state index in [0.29, 0.717) is 6.54 Å². The minimum Gasteiger partial charge on any atom is -0.389 e. The van der Waals surface area contributed by atoms with Gasteiger partial charge in [-0.3, -0.25) is 4.98 Å². The van der Waals surface area contributed by atoms with Crippen molar-refractivity contribution < 1.29 is 9.50 Å². The standard InChI is InChI=1S/C14H21FN2O/c1-11(12-7-13(15)9-16-8-12)17-10-14(18)5-3-2-4-6-14/h7-9,11,17-18H,2-6,10H2,1H3. The molecule has 0 amide bonds. The Kier molecular flexibility index (Phi) is 4.30. The summed E-state index contributed by atoms with van der Waals surface area (Å²) in [6.45, 7) is 2.52. The minimum absolute atomic E-state index is 0.000786. The Bertz CT molecular complexity index is 391. The van der Waals surface area contributed by atoms with E-state index in [1.165, 1.54) is 18.7 Å². The van der Waals surface area contributed by atoms with Crippen molar-refractivity contribution in [2.45, 2.75) is 50.7 Å². The topological polar surface area (TPSA) is 45.1 Å². The van der Waals surface area contributed by atoms with Crippen molar-refractivity contribution in [1.82, 2.24) is 10.3 Å². The second kappa shape index (κ2) is 5.76. The Balaban J connectivity index is 1.89. The number of hydrogen-bond acceptors (Lipinski definition) is 3. The summed E-state index contributed by atoms with van der Waals surface area (Å²) in [6.07, 6.45) is 7.96. The van der Waals surface area contributed by atoms with Crippen molar-refractivity contribution in [3.05, 3.63) is 29.8 Å². The summed E-state index contributed by atoms with van der Waals surface area (Å²) in [7, 11) is 0. The molecule has 2 N–H and O–H groups in total. The van der Waals surface area contributed by atoms with E-state index in [9.17, 15) is 9.50 Å². The first-order valence-electron chi connectivity index (χ1n) is 6.65.